The number of carbonyl (C=O) groups is 3. The number of fused-ring (bicyclic) bond motifs is 2. The fourth-order valence-corrected chi connectivity index (χ4v) is 3.06. The van der Waals surface area contributed by atoms with E-state index in [1.165, 1.54) is 0 Å². The average Bonchev–Trinajstić information content (AvgIpc) is 3.05. The van der Waals surface area contributed by atoms with Crippen LogP contribution in [0.15, 0.2) is 36.4 Å². The number of amides is 1. The summed E-state index contributed by atoms with van der Waals surface area (Å²) in [4.78, 5) is 44.9. The highest BCUT2D eigenvalue weighted by Crippen LogP contribution is 2.24. The number of benzene rings is 2. The molecule has 0 spiro atoms. The van der Waals surface area contributed by atoms with Crippen molar-refractivity contribution >= 4 is 34.4 Å². The number of hydrogen-bond acceptors (Lipinski definition) is 6. The Morgan fingerprint density at radius 1 is 1.00 bits per heavy atom. The van der Waals surface area contributed by atoms with E-state index in [2.05, 4.69) is 15.3 Å². The summed E-state index contributed by atoms with van der Waals surface area (Å²) < 4.78 is 5.17. The van der Waals surface area contributed by atoms with Crippen LogP contribution in [0.25, 0.3) is 11.0 Å². The van der Waals surface area contributed by atoms with Gasteiger partial charge in [-0.15, -0.1) is 0 Å². The van der Waals surface area contributed by atoms with Crippen LogP contribution in [0.1, 0.15) is 37.7 Å². The summed E-state index contributed by atoms with van der Waals surface area (Å²) in [5.74, 6) is -1.04. The van der Waals surface area contributed by atoms with E-state index in [1.807, 2.05) is 13.8 Å². The number of hydrogen-bond donors (Lipinski definition) is 1. The van der Waals surface area contributed by atoms with Gasteiger partial charge in [0.1, 0.15) is 0 Å². The Kier molecular flexibility index (Phi) is 4.35. The van der Waals surface area contributed by atoms with Crippen molar-refractivity contribution < 1.29 is 19.1 Å². The topological polar surface area (TPSA) is 98.2 Å². The van der Waals surface area contributed by atoms with Crippen molar-refractivity contribution in [2.24, 2.45) is 0 Å². The van der Waals surface area contributed by atoms with E-state index in [9.17, 15) is 14.4 Å². The molecule has 7 heteroatoms. The summed E-state index contributed by atoms with van der Waals surface area (Å²) in [6, 6.07) is 9.86. The van der Waals surface area contributed by atoms with Gasteiger partial charge in [-0.1, -0.05) is 0 Å². The van der Waals surface area contributed by atoms with E-state index < -0.39 is 5.97 Å². The average molecular weight is 375 g/mol. The number of nitrogens with one attached hydrogen (secondary N) is 1. The van der Waals surface area contributed by atoms with E-state index >= 15 is 0 Å². The lowest BCUT2D eigenvalue weighted by molar-refractivity contribution is -0.115. The molecule has 4 rings (SSSR count). The van der Waals surface area contributed by atoms with Crippen molar-refractivity contribution in [2.75, 3.05) is 11.9 Å². The van der Waals surface area contributed by atoms with Crippen LogP contribution >= 0.6 is 0 Å². The predicted molar refractivity (Wildman–Crippen MR) is 102 cm³/mol. The van der Waals surface area contributed by atoms with Crippen molar-refractivity contribution in [3.05, 3.63) is 64.5 Å². The van der Waals surface area contributed by atoms with Gasteiger partial charge in [-0.05, 0) is 55.8 Å². The predicted octanol–water partition coefficient (Wildman–Crippen LogP) is 2.78. The number of rotatable bonds is 4. The zero-order valence-corrected chi connectivity index (χ0v) is 15.4. The Balaban J connectivity index is 1.46. The number of ketones is 1. The van der Waals surface area contributed by atoms with Crippen molar-refractivity contribution in [1.29, 1.82) is 0 Å². The highest BCUT2D eigenvalue weighted by molar-refractivity contribution is 6.03. The molecule has 1 aliphatic rings. The Morgan fingerprint density at radius 2 is 1.71 bits per heavy atom. The number of ether oxygens (including phenoxy) is 1. The van der Waals surface area contributed by atoms with Gasteiger partial charge in [0.05, 0.1) is 34.4 Å². The summed E-state index contributed by atoms with van der Waals surface area (Å²) in [6.07, 6.45) is 0.243. The molecule has 0 bridgehead atoms. The second kappa shape index (κ2) is 6.84. The zero-order valence-electron chi connectivity index (χ0n) is 15.4. The fraction of sp³-hybridized carbons (Fsp3) is 0.190. The molecular weight excluding hydrogens is 358 g/mol. The third-order valence-corrected chi connectivity index (χ3v) is 4.70. The van der Waals surface area contributed by atoms with E-state index in [0.29, 0.717) is 27.8 Å². The number of aromatic nitrogens is 2. The van der Waals surface area contributed by atoms with Crippen molar-refractivity contribution in [3.63, 3.8) is 0 Å². The number of Topliss-reactive ketones (excluding diaryl/α,β-unsaturated/α-hetero) is 1. The molecule has 7 nitrogen and oxygen atoms in total. The molecule has 28 heavy (non-hydrogen) atoms. The largest absolute Gasteiger partial charge is 0.454 e. The van der Waals surface area contributed by atoms with Crippen molar-refractivity contribution in [3.8, 4) is 0 Å². The van der Waals surface area contributed by atoms with Gasteiger partial charge in [0, 0.05) is 11.3 Å². The quantitative estimate of drug-likeness (QED) is 0.556. The SMILES string of the molecule is Cc1nc2ccc(C(=O)OCC(=O)c3ccc4c(c3)CC(=O)N4)cc2nc1C. The van der Waals surface area contributed by atoms with Crippen LogP contribution in [-0.4, -0.2) is 34.2 Å². The summed E-state index contributed by atoms with van der Waals surface area (Å²) in [5, 5.41) is 2.71. The standard InChI is InChI=1S/C21H17N3O4/c1-11-12(2)23-18-8-14(4-6-17(18)22-11)21(27)28-10-19(25)13-3-5-16-15(7-13)9-20(26)24-16/h3-8H,9-10H2,1-2H3,(H,24,26). The van der Waals surface area contributed by atoms with Gasteiger partial charge in [-0.2, -0.15) is 0 Å². The number of aryl methyl sites for hydroxylation is 2. The van der Waals surface area contributed by atoms with E-state index in [-0.39, 0.29) is 24.7 Å². The molecule has 0 atom stereocenters. The van der Waals surface area contributed by atoms with Crippen LogP contribution in [0.4, 0.5) is 5.69 Å². The van der Waals surface area contributed by atoms with Crippen LogP contribution < -0.4 is 5.32 Å². The van der Waals surface area contributed by atoms with E-state index in [4.69, 9.17) is 4.74 Å². The van der Waals surface area contributed by atoms with Crippen molar-refractivity contribution in [1.82, 2.24) is 9.97 Å². The maximum Gasteiger partial charge on any atom is 0.338 e. The maximum atomic E-state index is 12.4. The minimum absolute atomic E-state index is 0.101. The second-order valence-electron chi connectivity index (χ2n) is 6.69. The van der Waals surface area contributed by atoms with E-state index in [1.54, 1.807) is 36.4 Å². The van der Waals surface area contributed by atoms with E-state index in [0.717, 1.165) is 17.0 Å². The zero-order chi connectivity index (χ0) is 19.8. The molecular formula is C21H17N3O4. The molecule has 1 aliphatic heterocycles. The van der Waals surface area contributed by atoms with Gasteiger partial charge in [0.15, 0.2) is 12.4 Å². The Labute approximate surface area is 160 Å². The lowest BCUT2D eigenvalue weighted by Crippen LogP contribution is -2.14. The first-order valence-corrected chi connectivity index (χ1v) is 8.79. The van der Waals surface area contributed by atoms with Crippen LogP contribution in [0.2, 0.25) is 0 Å². The minimum Gasteiger partial charge on any atom is -0.454 e. The third kappa shape index (κ3) is 3.34. The van der Waals surface area contributed by atoms with Gasteiger partial charge in [-0.25, -0.2) is 14.8 Å². The molecule has 0 unspecified atom stereocenters. The highest BCUT2D eigenvalue weighted by Gasteiger charge is 2.20. The normalized spacial score (nSPS) is 12.6. The van der Waals surface area contributed by atoms with Gasteiger partial charge in [-0.3, -0.25) is 9.59 Å². The van der Waals surface area contributed by atoms with Gasteiger partial charge in [0.2, 0.25) is 5.91 Å². The smallest absolute Gasteiger partial charge is 0.338 e. The molecule has 2 heterocycles. The van der Waals surface area contributed by atoms with Crippen LogP contribution in [0, 0.1) is 13.8 Å². The van der Waals surface area contributed by atoms with Crippen LogP contribution in [-0.2, 0) is 16.0 Å². The van der Waals surface area contributed by atoms with Crippen LogP contribution in [0.5, 0.6) is 0 Å². The molecule has 0 saturated carbocycles. The second-order valence-corrected chi connectivity index (χ2v) is 6.69. The van der Waals surface area contributed by atoms with Crippen LogP contribution in [0.3, 0.4) is 0 Å². The molecule has 140 valence electrons. The van der Waals surface area contributed by atoms with Gasteiger partial charge in [0.25, 0.3) is 0 Å². The lowest BCUT2D eigenvalue weighted by Gasteiger charge is -2.07. The molecule has 0 fully saturated rings. The number of anilines is 1. The Hall–Kier alpha value is -3.61. The molecule has 0 aliphatic carbocycles. The molecule has 1 aromatic heterocycles. The number of esters is 1. The lowest BCUT2D eigenvalue weighted by atomic mass is 10.1. The monoisotopic (exact) mass is 375 g/mol. The fourth-order valence-electron chi connectivity index (χ4n) is 3.06. The Morgan fingerprint density at radius 3 is 2.50 bits per heavy atom. The molecule has 3 aromatic rings. The van der Waals surface area contributed by atoms with Gasteiger partial charge < -0.3 is 10.1 Å². The first-order valence-electron chi connectivity index (χ1n) is 8.79. The Bertz CT molecular complexity index is 1150. The summed E-state index contributed by atoms with van der Waals surface area (Å²) in [6.45, 7) is 3.35. The summed E-state index contributed by atoms with van der Waals surface area (Å²) in [7, 11) is 0. The summed E-state index contributed by atoms with van der Waals surface area (Å²) >= 11 is 0. The minimum atomic E-state index is -0.603. The molecule has 0 radical (unpaired) electrons. The molecule has 0 saturated heterocycles. The van der Waals surface area contributed by atoms with Gasteiger partial charge >= 0.3 is 5.97 Å². The molecule has 2 aromatic carbocycles. The third-order valence-electron chi connectivity index (χ3n) is 4.70. The molecule has 1 N–H and O–H groups in total. The summed E-state index contributed by atoms with van der Waals surface area (Å²) in [5.41, 5.74) is 5.09. The highest BCUT2D eigenvalue weighted by atomic mass is 16.5. The van der Waals surface area contributed by atoms with Crippen molar-refractivity contribution in [2.45, 2.75) is 20.3 Å². The first kappa shape index (κ1) is 17.8. The molecule has 1 amide bonds. The first-order chi connectivity index (χ1) is 13.4. The maximum absolute atomic E-state index is 12.4. The number of carbonyl (C=O) groups excluding carboxylic acids is 3. The number of nitrogens with zero attached hydrogens (tertiary/aromatic N) is 2.